The minimum atomic E-state index is -0.217. The van der Waals surface area contributed by atoms with Crippen LogP contribution in [0, 0.1) is 5.82 Å². The van der Waals surface area contributed by atoms with Crippen molar-refractivity contribution in [3.8, 4) is 11.3 Å². The predicted molar refractivity (Wildman–Crippen MR) is 64.0 cm³/mol. The summed E-state index contributed by atoms with van der Waals surface area (Å²) in [7, 11) is 0. The van der Waals surface area contributed by atoms with Gasteiger partial charge in [0.2, 0.25) is 0 Å². The van der Waals surface area contributed by atoms with E-state index in [1.54, 1.807) is 12.1 Å². The van der Waals surface area contributed by atoms with E-state index in [0.717, 1.165) is 30.0 Å². The number of hydrogen-bond acceptors (Lipinski definition) is 2. The van der Waals surface area contributed by atoms with Crippen molar-refractivity contribution in [1.29, 1.82) is 0 Å². The molecule has 1 atom stereocenters. The van der Waals surface area contributed by atoms with Crippen LogP contribution in [0.4, 0.5) is 4.39 Å². The molecule has 0 aliphatic carbocycles. The van der Waals surface area contributed by atoms with E-state index < -0.39 is 0 Å². The van der Waals surface area contributed by atoms with Gasteiger partial charge in [-0.1, -0.05) is 0 Å². The molecule has 88 valence electrons. The number of halogens is 1. The van der Waals surface area contributed by atoms with Crippen LogP contribution in [0.5, 0.6) is 0 Å². The Morgan fingerprint density at radius 2 is 2.06 bits per heavy atom. The lowest BCUT2D eigenvalue weighted by Crippen LogP contribution is -2.14. The maximum absolute atomic E-state index is 12.8. The van der Waals surface area contributed by atoms with Gasteiger partial charge in [-0.25, -0.2) is 9.37 Å². The van der Waals surface area contributed by atoms with Gasteiger partial charge in [0.1, 0.15) is 11.6 Å². The Hall–Kier alpha value is -1.68. The van der Waals surface area contributed by atoms with E-state index in [9.17, 15) is 4.39 Å². The van der Waals surface area contributed by atoms with Gasteiger partial charge in [0.15, 0.2) is 0 Å². The molecule has 2 aromatic rings. The zero-order valence-corrected chi connectivity index (χ0v) is 9.41. The van der Waals surface area contributed by atoms with Crippen molar-refractivity contribution in [3.63, 3.8) is 0 Å². The summed E-state index contributed by atoms with van der Waals surface area (Å²) in [6.45, 7) is 1.05. The van der Waals surface area contributed by atoms with Gasteiger partial charge in [-0.3, -0.25) is 0 Å². The molecule has 3 nitrogen and oxygen atoms in total. The van der Waals surface area contributed by atoms with Crippen LogP contribution in [0.15, 0.2) is 30.5 Å². The first-order valence-electron chi connectivity index (χ1n) is 5.87. The molecule has 1 aromatic carbocycles. The molecule has 1 aliphatic heterocycles. The van der Waals surface area contributed by atoms with Crippen LogP contribution in [0.25, 0.3) is 11.3 Å². The van der Waals surface area contributed by atoms with Gasteiger partial charge in [0.05, 0.1) is 17.9 Å². The maximum Gasteiger partial charge on any atom is 0.123 e. The second kappa shape index (κ2) is 4.30. The van der Waals surface area contributed by atoms with Crippen LogP contribution in [0.1, 0.15) is 24.7 Å². The van der Waals surface area contributed by atoms with E-state index in [1.807, 2.05) is 6.20 Å². The van der Waals surface area contributed by atoms with Gasteiger partial charge in [0, 0.05) is 0 Å². The van der Waals surface area contributed by atoms with Crippen LogP contribution >= 0.6 is 0 Å². The molecular formula is C13H14FN3. The van der Waals surface area contributed by atoms with Gasteiger partial charge >= 0.3 is 0 Å². The van der Waals surface area contributed by atoms with Crippen LogP contribution in [-0.2, 0) is 0 Å². The summed E-state index contributed by atoms with van der Waals surface area (Å²) < 4.78 is 12.8. The molecule has 0 radical (unpaired) electrons. The van der Waals surface area contributed by atoms with Crippen molar-refractivity contribution in [2.75, 3.05) is 6.54 Å². The minimum absolute atomic E-state index is 0.217. The number of nitrogens with zero attached hydrogens (tertiary/aromatic N) is 1. The molecule has 0 spiro atoms. The van der Waals surface area contributed by atoms with E-state index in [0.29, 0.717) is 6.04 Å². The average Bonchev–Trinajstić information content (AvgIpc) is 3.00. The first-order valence-corrected chi connectivity index (χ1v) is 5.87. The van der Waals surface area contributed by atoms with Gasteiger partial charge in [0.25, 0.3) is 0 Å². The summed E-state index contributed by atoms with van der Waals surface area (Å²) in [5, 5.41) is 3.39. The van der Waals surface area contributed by atoms with Crippen LogP contribution in [-0.4, -0.2) is 16.5 Å². The number of aromatic nitrogens is 2. The normalized spacial score (nSPS) is 19.7. The monoisotopic (exact) mass is 231 g/mol. The molecule has 0 unspecified atom stereocenters. The fourth-order valence-corrected chi connectivity index (χ4v) is 2.21. The highest BCUT2D eigenvalue weighted by atomic mass is 19.1. The summed E-state index contributed by atoms with van der Waals surface area (Å²) in [4.78, 5) is 7.68. The molecule has 4 heteroatoms. The molecule has 0 bridgehead atoms. The van der Waals surface area contributed by atoms with Crippen molar-refractivity contribution in [2.45, 2.75) is 18.9 Å². The second-order valence-corrected chi connectivity index (χ2v) is 4.34. The van der Waals surface area contributed by atoms with Crippen LogP contribution in [0.2, 0.25) is 0 Å². The number of aromatic amines is 1. The molecule has 3 rings (SSSR count). The Bertz CT molecular complexity index is 498. The van der Waals surface area contributed by atoms with E-state index in [-0.39, 0.29) is 5.82 Å². The van der Waals surface area contributed by atoms with Crippen molar-refractivity contribution in [1.82, 2.24) is 15.3 Å². The van der Waals surface area contributed by atoms with Crippen molar-refractivity contribution >= 4 is 0 Å². The summed E-state index contributed by atoms with van der Waals surface area (Å²) in [5.41, 5.74) is 1.90. The van der Waals surface area contributed by atoms with Crippen molar-refractivity contribution < 1.29 is 4.39 Å². The summed E-state index contributed by atoms with van der Waals surface area (Å²) in [5.74, 6) is 0.757. The highest BCUT2D eigenvalue weighted by molar-refractivity contribution is 5.58. The SMILES string of the molecule is Fc1ccc(-c2cnc([C@H]3CCCN3)[nH]2)cc1. The number of imidazole rings is 1. The molecule has 1 saturated heterocycles. The van der Waals surface area contributed by atoms with Gasteiger partial charge in [-0.2, -0.15) is 0 Å². The lowest BCUT2D eigenvalue weighted by molar-refractivity contribution is 0.613. The number of hydrogen-bond donors (Lipinski definition) is 2. The molecule has 1 fully saturated rings. The molecule has 1 aliphatic rings. The second-order valence-electron chi connectivity index (χ2n) is 4.34. The fourth-order valence-electron chi connectivity index (χ4n) is 2.21. The van der Waals surface area contributed by atoms with E-state index in [1.165, 1.54) is 18.6 Å². The van der Waals surface area contributed by atoms with E-state index in [4.69, 9.17) is 0 Å². The Balaban J connectivity index is 1.86. The average molecular weight is 231 g/mol. The van der Waals surface area contributed by atoms with Gasteiger partial charge in [-0.15, -0.1) is 0 Å². The number of nitrogens with one attached hydrogen (secondary N) is 2. The first-order chi connectivity index (χ1) is 8.33. The smallest absolute Gasteiger partial charge is 0.123 e. The predicted octanol–water partition coefficient (Wildman–Crippen LogP) is 2.64. The molecule has 2 heterocycles. The van der Waals surface area contributed by atoms with Crippen molar-refractivity contribution in [2.24, 2.45) is 0 Å². The number of rotatable bonds is 2. The molecule has 2 N–H and O–H groups in total. The van der Waals surface area contributed by atoms with Crippen molar-refractivity contribution in [3.05, 3.63) is 42.1 Å². The molecular weight excluding hydrogens is 217 g/mol. The summed E-state index contributed by atoms with van der Waals surface area (Å²) in [6.07, 6.45) is 4.12. The fraction of sp³-hybridized carbons (Fsp3) is 0.308. The zero-order chi connectivity index (χ0) is 11.7. The third-order valence-corrected chi connectivity index (χ3v) is 3.14. The largest absolute Gasteiger partial charge is 0.341 e. The molecule has 0 amide bonds. The third kappa shape index (κ3) is 2.08. The first kappa shape index (κ1) is 10.5. The van der Waals surface area contributed by atoms with E-state index in [2.05, 4.69) is 15.3 Å². The lowest BCUT2D eigenvalue weighted by atomic mass is 10.2. The third-order valence-electron chi connectivity index (χ3n) is 3.14. The molecule has 1 aromatic heterocycles. The Labute approximate surface area is 99.1 Å². The van der Waals surface area contributed by atoms with Gasteiger partial charge < -0.3 is 10.3 Å². The van der Waals surface area contributed by atoms with Crippen LogP contribution in [0.3, 0.4) is 0 Å². The molecule has 0 saturated carbocycles. The van der Waals surface area contributed by atoms with Gasteiger partial charge in [-0.05, 0) is 49.2 Å². The zero-order valence-electron chi connectivity index (χ0n) is 9.41. The standard InChI is InChI=1S/C13H14FN3/c14-10-5-3-9(4-6-10)12-8-16-13(17-12)11-2-1-7-15-11/h3-6,8,11,15H,1-2,7H2,(H,16,17)/t11-/m1/s1. The Morgan fingerprint density at radius 1 is 1.24 bits per heavy atom. The lowest BCUT2D eigenvalue weighted by Gasteiger charge is -2.05. The highest BCUT2D eigenvalue weighted by Crippen LogP contribution is 2.23. The van der Waals surface area contributed by atoms with E-state index >= 15 is 0 Å². The highest BCUT2D eigenvalue weighted by Gasteiger charge is 2.19. The maximum atomic E-state index is 12.8. The summed E-state index contributed by atoms with van der Waals surface area (Å²) >= 11 is 0. The Morgan fingerprint density at radius 3 is 2.76 bits per heavy atom. The Kier molecular flexibility index (Phi) is 2.65. The van der Waals surface area contributed by atoms with Crippen LogP contribution < -0.4 is 5.32 Å². The molecule has 17 heavy (non-hydrogen) atoms. The minimum Gasteiger partial charge on any atom is -0.341 e. The number of benzene rings is 1. The topological polar surface area (TPSA) is 40.7 Å². The quantitative estimate of drug-likeness (QED) is 0.834. The number of H-pyrrole nitrogens is 1. The summed E-state index contributed by atoms with van der Waals surface area (Å²) in [6, 6.07) is 6.78.